The van der Waals surface area contributed by atoms with Crippen LogP contribution in [0.5, 0.6) is 0 Å². The van der Waals surface area contributed by atoms with E-state index in [-0.39, 0.29) is 17.9 Å². The van der Waals surface area contributed by atoms with Gasteiger partial charge in [-0.05, 0) is 30.5 Å². The molecular formula is C15H22N2O5S. The van der Waals surface area contributed by atoms with E-state index in [0.717, 1.165) is 5.56 Å². The van der Waals surface area contributed by atoms with Crippen molar-refractivity contribution in [2.24, 2.45) is 5.73 Å². The fourth-order valence-corrected chi connectivity index (χ4v) is 2.75. The molecule has 0 spiro atoms. The van der Waals surface area contributed by atoms with Gasteiger partial charge in [0.25, 0.3) is 5.91 Å². The van der Waals surface area contributed by atoms with E-state index in [1.165, 1.54) is 19.1 Å². The molecule has 3 N–H and O–H groups in total. The number of amides is 1. The molecule has 1 atom stereocenters. The van der Waals surface area contributed by atoms with Crippen molar-refractivity contribution in [3.8, 4) is 0 Å². The fourth-order valence-electron chi connectivity index (χ4n) is 1.72. The summed E-state index contributed by atoms with van der Waals surface area (Å²) in [5.41, 5.74) is 6.00. The number of rotatable bonds is 8. The Morgan fingerprint density at radius 2 is 1.74 bits per heavy atom. The van der Waals surface area contributed by atoms with Gasteiger partial charge >= 0.3 is 5.97 Å². The highest BCUT2D eigenvalue weighted by atomic mass is 32.2. The van der Waals surface area contributed by atoms with Crippen LogP contribution in [0.3, 0.4) is 0 Å². The molecule has 1 aromatic rings. The van der Waals surface area contributed by atoms with Crippen molar-refractivity contribution in [3.63, 3.8) is 0 Å². The Hall–Kier alpha value is -1.93. The highest BCUT2D eigenvalue weighted by molar-refractivity contribution is 7.89. The van der Waals surface area contributed by atoms with E-state index in [1.807, 2.05) is 13.8 Å². The second-order valence-corrected chi connectivity index (χ2v) is 7.17. The van der Waals surface area contributed by atoms with Crippen molar-refractivity contribution in [3.05, 3.63) is 29.8 Å². The van der Waals surface area contributed by atoms with Gasteiger partial charge in [-0.2, -0.15) is 0 Å². The molecule has 0 saturated carbocycles. The SMILES string of the molecule is CC(OC(=O)CCNS(=O)(=O)c1ccc(C(C)C)cc1)C(N)=O. The molecule has 1 unspecified atom stereocenters. The number of hydrogen-bond donors (Lipinski definition) is 2. The monoisotopic (exact) mass is 342 g/mol. The highest BCUT2D eigenvalue weighted by Gasteiger charge is 2.17. The average molecular weight is 342 g/mol. The van der Waals surface area contributed by atoms with Crippen molar-refractivity contribution in [2.45, 2.75) is 44.1 Å². The molecule has 0 fully saturated rings. The summed E-state index contributed by atoms with van der Waals surface area (Å²) in [6, 6.07) is 6.54. The van der Waals surface area contributed by atoms with E-state index in [2.05, 4.69) is 4.72 Å². The molecule has 0 aliphatic heterocycles. The molecule has 7 nitrogen and oxygen atoms in total. The van der Waals surface area contributed by atoms with Crippen LogP contribution >= 0.6 is 0 Å². The highest BCUT2D eigenvalue weighted by Crippen LogP contribution is 2.17. The normalized spacial score (nSPS) is 12.9. The number of carbonyl (C=O) groups excluding carboxylic acids is 2. The summed E-state index contributed by atoms with van der Waals surface area (Å²) >= 11 is 0. The summed E-state index contributed by atoms with van der Waals surface area (Å²) in [7, 11) is -3.69. The maximum absolute atomic E-state index is 12.1. The third-order valence-corrected chi connectivity index (χ3v) is 4.66. The van der Waals surface area contributed by atoms with E-state index in [1.54, 1.807) is 12.1 Å². The van der Waals surface area contributed by atoms with Gasteiger partial charge in [-0.1, -0.05) is 26.0 Å². The number of primary amides is 1. The molecule has 1 amide bonds. The molecule has 0 aliphatic rings. The number of carbonyl (C=O) groups is 2. The van der Waals surface area contributed by atoms with Crippen LogP contribution in [0, 0.1) is 0 Å². The summed E-state index contributed by atoms with van der Waals surface area (Å²) in [5.74, 6) is -1.15. The number of benzene rings is 1. The maximum atomic E-state index is 12.1. The summed E-state index contributed by atoms with van der Waals surface area (Å²) in [4.78, 5) is 22.3. The molecular weight excluding hydrogens is 320 g/mol. The first-order valence-electron chi connectivity index (χ1n) is 7.22. The summed E-state index contributed by atoms with van der Waals surface area (Å²) < 4.78 is 31.2. The zero-order chi connectivity index (χ0) is 17.6. The first-order chi connectivity index (χ1) is 10.6. The van der Waals surface area contributed by atoms with Crippen LogP contribution in [0.1, 0.15) is 38.7 Å². The molecule has 128 valence electrons. The van der Waals surface area contributed by atoms with E-state index < -0.39 is 28.0 Å². The van der Waals surface area contributed by atoms with E-state index in [4.69, 9.17) is 10.5 Å². The van der Waals surface area contributed by atoms with Crippen LogP contribution in [0.25, 0.3) is 0 Å². The van der Waals surface area contributed by atoms with Crippen LogP contribution in [0.15, 0.2) is 29.2 Å². The lowest BCUT2D eigenvalue weighted by molar-refractivity contribution is -0.153. The Bertz CT molecular complexity index is 653. The predicted octanol–water partition coefficient (Wildman–Crippen LogP) is 0.895. The Morgan fingerprint density at radius 1 is 1.17 bits per heavy atom. The molecule has 1 aromatic carbocycles. The van der Waals surface area contributed by atoms with Crippen molar-refractivity contribution in [1.29, 1.82) is 0 Å². The van der Waals surface area contributed by atoms with Gasteiger partial charge in [-0.3, -0.25) is 9.59 Å². The molecule has 0 aliphatic carbocycles. The minimum atomic E-state index is -3.69. The molecule has 0 bridgehead atoms. The largest absolute Gasteiger partial charge is 0.453 e. The molecule has 0 heterocycles. The minimum absolute atomic E-state index is 0.126. The third kappa shape index (κ3) is 5.99. The Morgan fingerprint density at radius 3 is 2.22 bits per heavy atom. The van der Waals surface area contributed by atoms with E-state index in [9.17, 15) is 18.0 Å². The van der Waals surface area contributed by atoms with Gasteiger partial charge in [-0.15, -0.1) is 0 Å². The van der Waals surface area contributed by atoms with Crippen LogP contribution in [-0.2, 0) is 24.3 Å². The Labute approximate surface area is 136 Å². The number of nitrogens with two attached hydrogens (primary N) is 1. The fraction of sp³-hybridized carbons (Fsp3) is 0.467. The number of sulfonamides is 1. The second kappa shape index (κ2) is 8.07. The van der Waals surface area contributed by atoms with Crippen molar-refractivity contribution < 1.29 is 22.7 Å². The summed E-state index contributed by atoms with van der Waals surface area (Å²) in [5, 5.41) is 0. The van der Waals surface area contributed by atoms with Crippen LogP contribution in [0.2, 0.25) is 0 Å². The number of ether oxygens (including phenoxy) is 1. The third-order valence-electron chi connectivity index (χ3n) is 3.19. The van der Waals surface area contributed by atoms with Crippen molar-refractivity contribution in [2.75, 3.05) is 6.54 Å². The predicted molar refractivity (Wildman–Crippen MR) is 85.1 cm³/mol. The first kappa shape index (κ1) is 19.1. The molecule has 0 aromatic heterocycles. The van der Waals surface area contributed by atoms with Gasteiger partial charge in [0.15, 0.2) is 6.10 Å². The minimum Gasteiger partial charge on any atom is -0.453 e. The quantitative estimate of drug-likeness (QED) is 0.681. The van der Waals surface area contributed by atoms with Gasteiger partial charge in [-0.25, -0.2) is 13.1 Å². The molecule has 0 radical (unpaired) electrons. The zero-order valence-electron chi connectivity index (χ0n) is 13.4. The summed E-state index contributed by atoms with van der Waals surface area (Å²) in [6.07, 6.45) is -1.23. The number of hydrogen-bond acceptors (Lipinski definition) is 5. The average Bonchev–Trinajstić information content (AvgIpc) is 2.46. The van der Waals surface area contributed by atoms with Crippen molar-refractivity contribution in [1.82, 2.24) is 4.72 Å². The van der Waals surface area contributed by atoms with E-state index >= 15 is 0 Å². The maximum Gasteiger partial charge on any atom is 0.307 e. The van der Waals surface area contributed by atoms with E-state index in [0.29, 0.717) is 5.92 Å². The second-order valence-electron chi connectivity index (χ2n) is 5.41. The molecule has 23 heavy (non-hydrogen) atoms. The van der Waals surface area contributed by atoms with Crippen LogP contribution in [0.4, 0.5) is 0 Å². The number of nitrogens with one attached hydrogen (secondary N) is 1. The van der Waals surface area contributed by atoms with Gasteiger partial charge in [0.2, 0.25) is 10.0 Å². The molecule has 8 heteroatoms. The topological polar surface area (TPSA) is 116 Å². The Kier molecular flexibility index (Phi) is 6.71. The molecule has 1 rings (SSSR count). The lowest BCUT2D eigenvalue weighted by atomic mass is 10.0. The standard InChI is InChI=1S/C15H22N2O5S/c1-10(2)12-4-6-13(7-5-12)23(20,21)17-9-8-14(18)22-11(3)15(16)19/h4-7,10-11,17H,8-9H2,1-3H3,(H2,16,19). The lowest BCUT2D eigenvalue weighted by Crippen LogP contribution is -2.32. The van der Waals surface area contributed by atoms with Crippen molar-refractivity contribution >= 4 is 21.9 Å². The Balaban J connectivity index is 2.56. The van der Waals surface area contributed by atoms with Crippen LogP contribution < -0.4 is 10.5 Å². The van der Waals surface area contributed by atoms with Gasteiger partial charge in [0.05, 0.1) is 11.3 Å². The van der Waals surface area contributed by atoms with Gasteiger partial charge in [0, 0.05) is 6.54 Å². The lowest BCUT2D eigenvalue weighted by Gasteiger charge is -2.11. The van der Waals surface area contributed by atoms with Crippen LogP contribution in [-0.4, -0.2) is 32.9 Å². The molecule has 0 saturated heterocycles. The van der Waals surface area contributed by atoms with Gasteiger partial charge in [0.1, 0.15) is 0 Å². The zero-order valence-corrected chi connectivity index (χ0v) is 14.2. The smallest absolute Gasteiger partial charge is 0.307 e. The van der Waals surface area contributed by atoms with Gasteiger partial charge < -0.3 is 10.5 Å². The first-order valence-corrected chi connectivity index (χ1v) is 8.70. The number of esters is 1. The summed E-state index contributed by atoms with van der Waals surface area (Å²) in [6.45, 7) is 5.25.